The molecule has 1 heterocycles. The van der Waals surface area contributed by atoms with Gasteiger partial charge in [0.1, 0.15) is 0 Å². The van der Waals surface area contributed by atoms with E-state index in [0.717, 1.165) is 19.4 Å². The molecule has 0 saturated carbocycles. The van der Waals surface area contributed by atoms with Crippen LogP contribution in [-0.2, 0) is 14.8 Å². The topological polar surface area (TPSA) is 93.5 Å². The van der Waals surface area contributed by atoms with Crippen molar-refractivity contribution in [1.82, 2.24) is 5.32 Å². The van der Waals surface area contributed by atoms with Crippen molar-refractivity contribution in [2.45, 2.75) is 36.8 Å². The van der Waals surface area contributed by atoms with Crippen molar-refractivity contribution in [2.75, 3.05) is 11.9 Å². The molecule has 4 N–H and O–H groups in total. The molecule has 8 heteroatoms. The van der Waals surface area contributed by atoms with Crippen LogP contribution in [0.15, 0.2) is 29.2 Å². The molecule has 0 unspecified atom stereocenters. The first kappa shape index (κ1) is 16.2. The van der Waals surface area contributed by atoms with Gasteiger partial charge in [-0.25, -0.2) is 13.6 Å². The minimum absolute atomic E-state index is 0.0691. The lowest BCUT2D eigenvalue weighted by atomic mass is 10.1. The molecule has 0 radical (unpaired) electrons. The molecule has 0 spiro atoms. The Bertz CT molecular complexity index is 596. The van der Waals surface area contributed by atoms with E-state index in [1.165, 1.54) is 12.1 Å². The number of nitrogens with two attached hydrogens (primary N) is 1. The van der Waals surface area contributed by atoms with Gasteiger partial charge in [0, 0.05) is 12.3 Å². The van der Waals surface area contributed by atoms with Gasteiger partial charge in [-0.1, -0.05) is 0 Å². The molecule has 21 heavy (non-hydrogen) atoms. The average Bonchev–Trinajstić information content (AvgIpc) is 2.92. The fourth-order valence-corrected chi connectivity index (χ4v) is 3.01. The summed E-state index contributed by atoms with van der Waals surface area (Å²) < 4.78 is 27.9. The Morgan fingerprint density at radius 3 is 2.62 bits per heavy atom. The summed E-state index contributed by atoms with van der Waals surface area (Å²) in [5, 5.41) is 11.7. The van der Waals surface area contributed by atoms with Gasteiger partial charge in [-0.2, -0.15) is 0 Å². The Kier molecular flexibility index (Phi) is 5.15. The lowest BCUT2D eigenvalue weighted by Crippen LogP contribution is -2.42. The highest BCUT2D eigenvalue weighted by Crippen LogP contribution is 2.16. The second kappa shape index (κ2) is 6.69. The Morgan fingerprint density at radius 1 is 1.43 bits per heavy atom. The minimum Gasteiger partial charge on any atom is -0.376 e. The minimum atomic E-state index is -3.67. The molecule has 1 aromatic rings. The van der Waals surface area contributed by atoms with Crippen LogP contribution in [0.3, 0.4) is 0 Å². The maximum Gasteiger partial charge on any atom is 0.238 e. The summed E-state index contributed by atoms with van der Waals surface area (Å²) in [6.07, 6.45) is 2.28. The van der Waals surface area contributed by atoms with Crippen LogP contribution in [0.25, 0.3) is 0 Å². The fourth-order valence-electron chi connectivity index (χ4n) is 2.19. The van der Waals surface area contributed by atoms with Gasteiger partial charge in [0.25, 0.3) is 0 Å². The number of primary sulfonamides is 1. The van der Waals surface area contributed by atoms with Gasteiger partial charge in [0.05, 0.1) is 17.0 Å². The van der Waals surface area contributed by atoms with Crippen LogP contribution in [0.5, 0.6) is 0 Å². The number of benzene rings is 1. The van der Waals surface area contributed by atoms with Gasteiger partial charge in [0.15, 0.2) is 5.11 Å². The predicted molar refractivity (Wildman–Crippen MR) is 85.6 cm³/mol. The van der Waals surface area contributed by atoms with Gasteiger partial charge in [-0.15, -0.1) is 0 Å². The van der Waals surface area contributed by atoms with Crippen LogP contribution in [0.4, 0.5) is 5.69 Å². The lowest BCUT2D eigenvalue weighted by molar-refractivity contribution is 0.0895. The van der Waals surface area contributed by atoms with Crippen molar-refractivity contribution in [1.29, 1.82) is 0 Å². The van der Waals surface area contributed by atoms with Gasteiger partial charge >= 0.3 is 0 Å². The van der Waals surface area contributed by atoms with Crippen LogP contribution in [-0.4, -0.2) is 32.3 Å². The number of rotatable bonds is 4. The fraction of sp³-hybridized carbons (Fsp3) is 0.462. The number of hydrogen-bond donors (Lipinski definition) is 3. The molecule has 0 bridgehead atoms. The first-order valence-electron chi connectivity index (χ1n) is 6.68. The molecule has 0 aliphatic carbocycles. The molecular formula is C13H19N3O3S2. The maximum atomic E-state index is 11.2. The highest BCUT2D eigenvalue weighted by molar-refractivity contribution is 7.89. The molecule has 1 aromatic carbocycles. The van der Waals surface area contributed by atoms with Crippen molar-refractivity contribution < 1.29 is 13.2 Å². The van der Waals surface area contributed by atoms with E-state index in [9.17, 15) is 8.42 Å². The third-order valence-corrected chi connectivity index (χ3v) is 4.47. The van der Waals surface area contributed by atoms with Crippen LogP contribution in [0.2, 0.25) is 0 Å². The van der Waals surface area contributed by atoms with Crippen molar-refractivity contribution in [3.8, 4) is 0 Å². The van der Waals surface area contributed by atoms with Gasteiger partial charge in [0.2, 0.25) is 10.0 Å². The third-order valence-electron chi connectivity index (χ3n) is 3.32. The second-order valence-electron chi connectivity index (χ2n) is 5.01. The van der Waals surface area contributed by atoms with E-state index in [-0.39, 0.29) is 17.0 Å². The number of thiocarbonyl (C=S) groups is 1. The molecule has 0 amide bonds. The predicted octanol–water partition coefficient (Wildman–Crippen LogP) is 1.19. The Labute approximate surface area is 130 Å². The standard InChI is InChI=1S/C13H19N3O3S2/c1-9(12-3-2-8-19-12)15-13(20)16-10-4-6-11(7-5-10)21(14,17)18/h4-7,9,12H,2-3,8H2,1H3,(H2,14,17,18)(H2,15,16,20)/t9-,12-/m1/s1. The van der Waals surface area contributed by atoms with E-state index in [4.69, 9.17) is 22.1 Å². The summed E-state index contributed by atoms with van der Waals surface area (Å²) in [5.74, 6) is 0. The molecule has 0 aromatic heterocycles. The number of sulfonamides is 1. The van der Waals surface area contributed by atoms with Gasteiger partial charge in [-0.3, -0.25) is 0 Å². The van der Waals surface area contributed by atoms with E-state index in [0.29, 0.717) is 10.8 Å². The Balaban J connectivity index is 1.90. The molecule has 1 fully saturated rings. The Hall–Kier alpha value is -1.22. The quantitative estimate of drug-likeness (QED) is 0.719. The van der Waals surface area contributed by atoms with Crippen molar-refractivity contribution >= 4 is 33.0 Å². The molecule has 6 nitrogen and oxygen atoms in total. The highest BCUT2D eigenvalue weighted by atomic mass is 32.2. The molecule has 1 aliphatic rings. The number of anilines is 1. The first-order chi connectivity index (χ1) is 9.86. The number of hydrogen-bond acceptors (Lipinski definition) is 4. The zero-order valence-corrected chi connectivity index (χ0v) is 13.3. The van der Waals surface area contributed by atoms with E-state index < -0.39 is 10.0 Å². The van der Waals surface area contributed by atoms with E-state index in [1.807, 2.05) is 6.92 Å². The van der Waals surface area contributed by atoms with E-state index >= 15 is 0 Å². The highest BCUT2D eigenvalue weighted by Gasteiger charge is 2.22. The van der Waals surface area contributed by atoms with Gasteiger partial charge in [-0.05, 0) is 56.2 Å². The summed E-state index contributed by atoms with van der Waals surface area (Å²) in [7, 11) is -3.67. The van der Waals surface area contributed by atoms with Crippen LogP contribution in [0, 0.1) is 0 Å². The molecule has 116 valence electrons. The van der Waals surface area contributed by atoms with Crippen molar-refractivity contribution in [3.05, 3.63) is 24.3 Å². The van der Waals surface area contributed by atoms with Crippen LogP contribution < -0.4 is 15.8 Å². The SMILES string of the molecule is C[C@@H](NC(=S)Nc1ccc(S(N)(=O)=O)cc1)[C@H]1CCCO1. The zero-order valence-electron chi connectivity index (χ0n) is 11.7. The largest absolute Gasteiger partial charge is 0.376 e. The number of nitrogens with one attached hydrogen (secondary N) is 2. The van der Waals surface area contributed by atoms with Crippen LogP contribution >= 0.6 is 12.2 Å². The summed E-state index contributed by atoms with van der Waals surface area (Å²) in [6, 6.07) is 6.22. The molecule has 2 atom stereocenters. The summed E-state index contributed by atoms with van der Waals surface area (Å²) >= 11 is 5.23. The van der Waals surface area contributed by atoms with Crippen molar-refractivity contribution in [3.63, 3.8) is 0 Å². The second-order valence-corrected chi connectivity index (χ2v) is 6.98. The monoisotopic (exact) mass is 329 g/mol. The summed E-state index contributed by atoms with van der Waals surface area (Å²) in [5.41, 5.74) is 0.694. The molecule has 1 aliphatic heterocycles. The third kappa shape index (κ3) is 4.63. The Morgan fingerprint density at radius 2 is 2.10 bits per heavy atom. The first-order valence-corrected chi connectivity index (χ1v) is 8.64. The average molecular weight is 329 g/mol. The maximum absolute atomic E-state index is 11.2. The smallest absolute Gasteiger partial charge is 0.238 e. The summed E-state index contributed by atoms with van der Waals surface area (Å²) in [4.78, 5) is 0.0691. The number of ether oxygens (including phenoxy) is 1. The van der Waals surface area contributed by atoms with E-state index in [1.54, 1.807) is 12.1 Å². The zero-order chi connectivity index (χ0) is 15.5. The summed E-state index contributed by atoms with van der Waals surface area (Å²) in [6.45, 7) is 2.82. The van der Waals surface area contributed by atoms with Crippen molar-refractivity contribution in [2.24, 2.45) is 5.14 Å². The molecule has 1 saturated heterocycles. The van der Waals surface area contributed by atoms with E-state index in [2.05, 4.69) is 10.6 Å². The van der Waals surface area contributed by atoms with Crippen LogP contribution in [0.1, 0.15) is 19.8 Å². The lowest BCUT2D eigenvalue weighted by Gasteiger charge is -2.22. The molecule has 2 rings (SSSR count). The van der Waals surface area contributed by atoms with Gasteiger partial charge < -0.3 is 15.4 Å². The molecular weight excluding hydrogens is 310 g/mol. The normalized spacial score (nSPS) is 20.0.